The van der Waals surface area contributed by atoms with E-state index in [2.05, 4.69) is 5.32 Å². The molecule has 1 N–H and O–H groups in total. The molecular formula is C13H9ClF3N. The van der Waals surface area contributed by atoms with Crippen LogP contribution in [0.5, 0.6) is 0 Å². The van der Waals surface area contributed by atoms with Gasteiger partial charge in [-0.25, -0.2) is 13.2 Å². The van der Waals surface area contributed by atoms with E-state index in [-0.39, 0.29) is 5.69 Å². The molecule has 0 radical (unpaired) electrons. The average Bonchev–Trinajstić information content (AvgIpc) is 2.34. The van der Waals surface area contributed by atoms with Crippen molar-refractivity contribution in [3.8, 4) is 0 Å². The molecule has 18 heavy (non-hydrogen) atoms. The Morgan fingerprint density at radius 1 is 0.889 bits per heavy atom. The fourth-order valence-corrected chi connectivity index (χ4v) is 1.58. The zero-order chi connectivity index (χ0) is 13.1. The normalized spacial score (nSPS) is 10.4. The summed E-state index contributed by atoms with van der Waals surface area (Å²) in [5.41, 5.74) is 0.771. The average molecular weight is 272 g/mol. The van der Waals surface area contributed by atoms with Gasteiger partial charge in [0.1, 0.15) is 5.82 Å². The van der Waals surface area contributed by atoms with Gasteiger partial charge in [0.15, 0.2) is 11.6 Å². The van der Waals surface area contributed by atoms with Crippen LogP contribution in [0.2, 0.25) is 5.02 Å². The number of nitrogens with one attached hydrogen (secondary N) is 1. The predicted octanol–water partition coefficient (Wildman–Crippen LogP) is 4.37. The molecule has 0 bridgehead atoms. The van der Waals surface area contributed by atoms with E-state index < -0.39 is 17.5 Å². The molecule has 2 aromatic rings. The Morgan fingerprint density at radius 2 is 1.50 bits per heavy atom. The highest BCUT2D eigenvalue weighted by Gasteiger charge is 2.09. The third kappa shape index (κ3) is 2.96. The number of anilines is 1. The van der Waals surface area contributed by atoms with Gasteiger partial charge in [0.25, 0.3) is 0 Å². The molecule has 1 nitrogen and oxygen atoms in total. The third-order valence-corrected chi connectivity index (χ3v) is 2.66. The Balaban J connectivity index is 2.10. The summed E-state index contributed by atoms with van der Waals surface area (Å²) in [6.45, 7) is 0.291. The molecule has 2 rings (SSSR count). The van der Waals surface area contributed by atoms with Crippen molar-refractivity contribution in [2.75, 3.05) is 5.32 Å². The first-order valence-electron chi connectivity index (χ1n) is 5.19. The molecule has 0 saturated carbocycles. The molecule has 0 aromatic heterocycles. The molecule has 0 aliphatic rings. The van der Waals surface area contributed by atoms with Gasteiger partial charge >= 0.3 is 0 Å². The summed E-state index contributed by atoms with van der Waals surface area (Å²) < 4.78 is 39.0. The maximum atomic E-state index is 13.3. The van der Waals surface area contributed by atoms with Crippen LogP contribution in [0.1, 0.15) is 5.56 Å². The molecule has 0 atom stereocenters. The van der Waals surface area contributed by atoms with Crippen molar-refractivity contribution in [1.29, 1.82) is 0 Å². The quantitative estimate of drug-likeness (QED) is 0.818. The van der Waals surface area contributed by atoms with Crippen molar-refractivity contribution >= 4 is 17.3 Å². The Morgan fingerprint density at radius 3 is 2.17 bits per heavy atom. The molecule has 0 aliphatic carbocycles. The van der Waals surface area contributed by atoms with Gasteiger partial charge in [0.2, 0.25) is 0 Å². The summed E-state index contributed by atoms with van der Waals surface area (Å²) in [6, 6.07) is 8.21. The minimum atomic E-state index is -1.20. The molecular weight excluding hydrogens is 263 g/mol. The first-order valence-corrected chi connectivity index (χ1v) is 5.57. The fraction of sp³-hybridized carbons (Fsp3) is 0.0769. The molecule has 0 saturated heterocycles. The highest BCUT2D eigenvalue weighted by atomic mass is 35.5. The summed E-state index contributed by atoms with van der Waals surface area (Å²) >= 11 is 5.72. The molecule has 5 heteroatoms. The van der Waals surface area contributed by atoms with Gasteiger partial charge in [-0.3, -0.25) is 0 Å². The maximum Gasteiger partial charge on any atom is 0.161 e. The number of hydrogen-bond donors (Lipinski definition) is 1. The van der Waals surface area contributed by atoms with E-state index in [0.717, 1.165) is 11.6 Å². The summed E-state index contributed by atoms with van der Waals surface area (Å²) in [7, 11) is 0. The van der Waals surface area contributed by atoms with E-state index in [0.29, 0.717) is 17.6 Å². The SMILES string of the molecule is Fc1cc(F)c(NCc2ccc(Cl)cc2)cc1F. The van der Waals surface area contributed by atoms with E-state index in [9.17, 15) is 13.2 Å². The highest BCUT2D eigenvalue weighted by Crippen LogP contribution is 2.19. The van der Waals surface area contributed by atoms with Gasteiger partial charge in [0, 0.05) is 23.7 Å². The first-order chi connectivity index (χ1) is 8.56. The molecule has 0 fully saturated rings. The summed E-state index contributed by atoms with van der Waals surface area (Å²) in [5.74, 6) is -3.12. The van der Waals surface area contributed by atoms with Gasteiger partial charge in [0.05, 0.1) is 5.69 Å². The van der Waals surface area contributed by atoms with Crippen LogP contribution in [0.15, 0.2) is 36.4 Å². The molecule has 0 unspecified atom stereocenters. The summed E-state index contributed by atoms with van der Waals surface area (Å²) in [5, 5.41) is 3.29. The van der Waals surface area contributed by atoms with Crippen LogP contribution in [0.3, 0.4) is 0 Å². The second-order valence-electron chi connectivity index (χ2n) is 3.73. The number of halogens is 4. The first kappa shape index (κ1) is 12.8. The van der Waals surface area contributed by atoms with Gasteiger partial charge in [-0.15, -0.1) is 0 Å². The second kappa shape index (κ2) is 5.31. The van der Waals surface area contributed by atoms with Crippen molar-refractivity contribution in [2.45, 2.75) is 6.54 Å². The lowest BCUT2D eigenvalue weighted by atomic mass is 10.2. The number of rotatable bonds is 3. The van der Waals surface area contributed by atoms with E-state index in [4.69, 9.17) is 11.6 Å². The van der Waals surface area contributed by atoms with Gasteiger partial charge in [-0.2, -0.15) is 0 Å². The van der Waals surface area contributed by atoms with Gasteiger partial charge < -0.3 is 5.32 Å². The highest BCUT2D eigenvalue weighted by molar-refractivity contribution is 6.30. The smallest absolute Gasteiger partial charge is 0.161 e. The standard InChI is InChI=1S/C13H9ClF3N/c14-9-3-1-8(2-4-9)7-18-13-6-11(16)10(15)5-12(13)17/h1-6,18H,7H2. The zero-order valence-corrected chi connectivity index (χ0v) is 9.94. The maximum absolute atomic E-state index is 13.3. The minimum Gasteiger partial charge on any atom is -0.379 e. The Labute approximate surface area is 107 Å². The molecule has 0 spiro atoms. The van der Waals surface area contributed by atoms with E-state index in [1.807, 2.05) is 0 Å². The van der Waals surface area contributed by atoms with E-state index in [1.165, 1.54) is 0 Å². The van der Waals surface area contributed by atoms with Crippen molar-refractivity contribution < 1.29 is 13.2 Å². The molecule has 94 valence electrons. The number of hydrogen-bond acceptors (Lipinski definition) is 1. The van der Waals surface area contributed by atoms with Crippen LogP contribution in [0.25, 0.3) is 0 Å². The number of benzene rings is 2. The van der Waals surface area contributed by atoms with Crippen LogP contribution >= 0.6 is 11.6 Å². The Bertz CT molecular complexity index is 555. The minimum absolute atomic E-state index is 0.0798. The van der Waals surface area contributed by atoms with Crippen molar-refractivity contribution in [3.63, 3.8) is 0 Å². The van der Waals surface area contributed by atoms with E-state index >= 15 is 0 Å². The lowest BCUT2D eigenvalue weighted by Gasteiger charge is -2.08. The van der Waals surface area contributed by atoms with Crippen LogP contribution in [0, 0.1) is 17.5 Å². The molecule has 0 heterocycles. The topological polar surface area (TPSA) is 12.0 Å². The molecule has 2 aromatic carbocycles. The lowest BCUT2D eigenvalue weighted by molar-refractivity contribution is 0.496. The summed E-state index contributed by atoms with van der Waals surface area (Å²) in [4.78, 5) is 0. The fourth-order valence-electron chi connectivity index (χ4n) is 1.46. The van der Waals surface area contributed by atoms with Crippen LogP contribution in [-0.4, -0.2) is 0 Å². The van der Waals surface area contributed by atoms with E-state index in [1.54, 1.807) is 24.3 Å². The van der Waals surface area contributed by atoms with Crippen molar-refractivity contribution in [3.05, 3.63) is 64.4 Å². The van der Waals surface area contributed by atoms with Gasteiger partial charge in [-0.1, -0.05) is 23.7 Å². The largest absolute Gasteiger partial charge is 0.379 e. The monoisotopic (exact) mass is 271 g/mol. The van der Waals surface area contributed by atoms with Crippen LogP contribution < -0.4 is 5.32 Å². The van der Waals surface area contributed by atoms with Crippen molar-refractivity contribution in [1.82, 2.24) is 0 Å². The van der Waals surface area contributed by atoms with Gasteiger partial charge in [-0.05, 0) is 17.7 Å². The van der Waals surface area contributed by atoms with Crippen LogP contribution in [-0.2, 0) is 6.54 Å². The molecule has 0 aliphatic heterocycles. The lowest BCUT2D eigenvalue weighted by Crippen LogP contribution is -2.02. The zero-order valence-electron chi connectivity index (χ0n) is 9.18. The predicted molar refractivity (Wildman–Crippen MR) is 65.1 cm³/mol. The third-order valence-electron chi connectivity index (χ3n) is 2.41. The summed E-state index contributed by atoms with van der Waals surface area (Å²) in [6.07, 6.45) is 0. The Kier molecular flexibility index (Phi) is 3.77. The Hall–Kier alpha value is -1.68. The molecule has 0 amide bonds. The second-order valence-corrected chi connectivity index (χ2v) is 4.16. The van der Waals surface area contributed by atoms with Crippen molar-refractivity contribution in [2.24, 2.45) is 0 Å². The van der Waals surface area contributed by atoms with Crippen LogP contribution in [0.4, 0.5) is 18.9 Å².